The van der Waals surface area contributed by atoms with Crippen molar-refractivity contribution >= 4 is 27.0 Å². The van der Waals surface area contributed by atoms with Gasteiger partial charge in [-0.1, -0.05) is 6.07 Å². The van der Waals surface area contributed by atoms with Crippen molar-refractivity contribution in [2.24, 2.45) is 0 Å². The molecular formula is C18H20N4O4S2. The van der Waals surface area contributed by atoms with Gasteiger partial charge in [0.25, 0.3) is 5.89 Å². The number of hydrogen-bond donors (Lipinski definition) is 0. The van der Waals surface area contributed by atoms with Crippen LogP contribution >= 0.6 is 11.3 Å². The minimum absolute atomic E-state index is 0.250. The van der Waals surface area contributed by atoms with Gasteiger partial charge >= 0.3 is 5.76 Å². The van der Waals surface area contributed by atoms with E-state index < -0.39 is 15.8 Å². The van der Waals surface area contributed by atoms with Crippen LogP contribution in [0, 0.1) is 0 Å². The first-order valence-electron chi connectivity index (χ1n) is 8.78. The van der Waals surface area contributed by atoms with Crippen molar-refractivity contribution in [1.82, 2.24) is 14.1 Å². The minimum atomic E-state index is -3.48. The molecule has 0 radical (unpaired) electrons. The van der Waals surface area contributed by atoms with Crippen LogP contribution in [0.15, 0.2) is 49.8 Å². The number of aryl methyl sites for hydroxylation is 1. The topological polar surface area (TPSA) is 88.7 Å². The third-order valence-electron chi connectivity index (χ3n) is 4.69. The summed E-state index contributed by atoms with van der Waals surface area (Å²) in [6.45, 7) is 1.00. The molecule has 1 aliphatic rings. The zero-order chi connectivity index (χ0) is 19.9. The van der Waals surface area contributed by atoms with E-state index in [1.54, 1.807) is 18.2 Å². The summed E-state index contributed by atoms with van der Waals surface area (Å²) in [6, 6.07) is 8.85. The highest BCUT2D eigenvalue weighted by Gasteiger charge is 2.23. The molecule has 3 aromatic rings. The van der Waals surface area contributed by atoms with Gasteiger partial charge in [0.05, 0.1) is 9.77 Å². The van der Waals surface area contributed by atoms with Gasteiger partial charge in [0.15, 0.2) is 0 Å². The van der Waals surface area contributed by atoms with Crippen LogP contribution in [0.2, 0.25) is 0 Å². The summed E-state index contributed by atoms with van der Waals surface area (Å²) in [5.74, 6) is -0.202. The first kappa shape index (κ1) is 18.9. The van der Waals surface area contributed by atoms with E-state index in [-0.39, 0.29) is 11.6 Å². The Morgan fingerprint density at radius 2 is 2.11 bits per heavy atom. The fourth-order valence-corrected chi connectivity index (χ4v) is 4.82. The molecule has 0 aliphatic carbocycles. The van der Waals surface area contributed by atoms with E-state index >= 15 is 0 Å². The number of nitrogens with zero attached hydrogens (tertiary/aromatic N) is 4. The van der Waals surface area contributed by atoms with Crippen molar-refractivity contribution in [1.29, 1.82) is 0 Å². The molecule has 0 spiro atoms. The van der Waals surface area contributed by atoms with Crippen molar-refractivity contribution in [2.45, 2.75) is 24.4 Å². The first-order chi connectivity index (χ1) is 13.4. The maximum absolute atomic E-state index is 12.4. The Bertz CT molecular complexity index is 1150. The summed E-state index contributed by atoms with van der Waals surface area (Å²) >= 11 is 1.46. The number of benzene rings is 1. The highest BCUT2D eigenvalue weighted by Crippen LogP contribution is 2.30. The molecule has 3 heterocycles. The molecule has 1 aromatic carbocycles. The molecule has 10 heteroatoms. The first-order valence-corrected chi connectivity index (χ1v) is 11.1. The largest absolute Gasteiger partial charge is 0.439 e. The van der Waals surface area contributed by atoms with Crippen LogP contribution in [0.3, 0.4) is 0 Å². The van der Waals surface area contributed by atoms with Gasteiger partial charge in [-0.2, -0.15) is 4.68 Å². The number of sulfonamides is 1. The molecule has 8 nitrogen and oxygen atoms in total. The summed E-state index contributed by atoms with van der Waals surface area (Å²) in [7, 11) is -0.448. The van der Waals surface area contributed by atoms with Crippen molar-refractivity contribution in [3.05, 3.63) is 51.8 Å². The number of aromatic nitrogens is 2. The molecule has 4 rings (SSSR count). The van der Waals surface area contributed by atoms with E-state index in [2.05, 4.69) is 5.10 Å². The molecule has 0 unspecified atom stereocenters. The number of hydrogen-bond acceptors (Lipinski definition) is 7. The SMILES string of the molecule is CN(C)S(=O)(=O)c1ccc2c(c1)CCCN2Cn1nc(-c2cccs2)oc1=O. The summed E-state index contributed by atoms with van der Waals surface area (Å²) in [6.07, 6.45) is 1.65. The maximum atomic E-state index is 12.4. The van der Waals surface area contributed by atoms with Gasteiger partial charge < -0.3 is 9.32 Å². The van der Waals surface area contributed by atoms with Crippen LogP contribution < -0.4 is 10.7 Å². The Labute approximate surface area is 166 Å². The molecule has 0 bridgehead atoms. The number of rotatable bonds is 5. The molecular weight excluding hydrogens is 400 g/mol. The lowest BCUT2D eigenvalue weighted by atomic mass is 10.0. The average molecular weight is 421 g/mol. The van der Waals surface area contributed by atoms with Crippen molar-refractivity contribution in [3.8, 4) is 10.8 Å². The Kier molecular flexibility index (Phi) is 4.86. The van der Waals surface area contributed by atoms with Crippen LogP contribution in [0.25, 0.3) is 10.8 Å². The molecule has 0 N–H and O–H groups in total. The second-order valence-corrected chi connectivity index (χ2v) is 9.84. The Hall–Kier alpha value is -2.43. The van der Waals surface area contributed by atoms with Gasteiger partial charge in [-0.3, -0.25) is 0 Å². The molecule has 1 aliphatic heterocycles. The minimum Gasteiger partial charge on any atom is -0.387 e. The summed E-state index contributed by atoms with van der Waals surface area (Å²) in [4.78, 5) is 15.3. The molecule has 148 valence electrons. The molecule has 0 fully saturated rings. The van der Waals surface area contributed by atoms with Gasteiger partial charge in [0.1, 0.15) is 6.67 Å². The zero-order valence-corrected chi connectivity index (χ0v) is 17.2. The zero-order valence-electron chi connectivity index (χ0n) is 15.5. The fourth-order valence-electron chi connectivity index (χ4n) is 3.23. The number of thiophene rings is 1. The lowest BCUT2D eigenvalue weighted by Gasteiger charge is -2.31. The second-order valence-electron chi connectivity index (χ2n) is 6.74. The third-order valence-corrected chi connectivity index (χ3v) is 7.36. The average Bonchev–Trinajstić information content (AvgIpc) is 3.32. The summed E-state index contributed by atoms with van der Waals surface area (Å²) in [5.41, 5.74) is 1.86. The lowest BCUT2D eigenvalue weighted by Crippen LogP contribution is -2.35. The highest BCUT2D eigenvalue weighted by atomic mass is 32.2. The van der Waals surface area contributed by atoms with Crippen molar-refractivity contribution < 1.29 is 12.8 Å². The van der Waals surface area contributed by atoms with Gasteiger partial charge in [-0.05, 0) is 48.1 Å². The van der Waals surface area contributed by atoms with Crippen molar-refractivity contribution in [2.75, 3.05) is 25.5 Å². The summed E-state index contributed by atoms with van der Waals surface area (Å²) in [5, 5.41) is 6.20. The predicted molar refractivity (Wildman–Crippen MR) is 107 cm³/mol. The van der Waals surface area contributed by atoms with Gasteiger partial charge in [-0.25, -0.2) is 17.5 Å². The Morgan fingerprint density at radius 3 is 2.82 bits per heavy atom. The van der Waals surface area contributed by atoms with E-state index in [1.165, 1.54) is 34.4 Å². The predicted octanol–water partition coefficient (Wildman–Crippen LogP) is 2.23. The monoisotopic (exact) mass is 420 g/mol. The smallest absolute Gasteiger partial charge is 0.387 e. The Morgan fingerprint density at radius 1 is 1.29 bits per heavy atom. The quantitative estimate of drug-likeness (QED) is 0.629. The van der Waals surface area contributed by atoms with E-state index in [4.69, 9.17) is 4.42 Å². The lowest BCUT2D eigenvalue weighted by molar-refractivity contribution is 0.469. The van der Waals surface area contributed by atoms with Gasteiger partial charge in [0, 0.05) is 26.3 Å². The fraction of sp³-hybridized carbons (Fsp3) is 0.333. The molecule has 0 saturated heterocycles. The van der Waals surface area contributed by atoms with E-state index in [0.717, 1.165) is 35.5 Å². The second kappa shape index (κ2) is 7.19. The van der Waals surface area contributed by atoms with Crippen LogP contribution in [0.5, 0.6) is 0 Å². The van der Waals surface area contributed by atoms with Crippen LogP contribution in [-0.4, -0.2) is 43.1 Å². The highest BCUT2D eigenvalue weighted by molar-refractivity contribution is 7.89. The molecule has 2 aromatic heterocycles. The van der Waals surface area contributed by atoms with E-state index in [0.29, 0.717) is 5.89 Å². The van der Waals surface area contributed by atoms with E-state index in [9.17, 15) is 13.2 Å². The molecule has 0 saturated carbocycles. The molecule has 28 heavy (non-hydrogen) atoms. The van der Waals surface area contributed by atoms with Crippen LogP contribution in [-0.2, 0) is 23.1 Å². The van der Waals surface area contributed by atoms with Crippen LogP contribution in [0.4, 0.5) is 5.69 Å². The third kappa shape index (κ3) is 3.38. The number of anilines is 1. The van der Waals surface area contributed by atoms with Gasteiger partial charge in [0.2, 0.25) is 10.0 Å². The maximum Gasteiger partial charge on any atom is 0.439 e. The molecule has 0 amide bonds. The standard InChI is InChI=1S/C18H20N4O4S2/c1-20(2)28(24,25)14-7-8-15-13(11-14)5-3-9-21(15)12-22-18(23)26-17(19-22)16-6-4-10-27-16/h4,6-8,10-11H,3,5,9,12H2,1-2H3. The Balaban J connectivity index is 1.63. The number of fused-ring (bicyclic) bond motifs is 1. The summed E-state index contributed by atoms with van der Waals surface area (Å²) < 4.78 is 32.6. The normalized spacial score (nSPS) is 14.5. The van der Waals surface area contributed by atoms with Crippen molar-refractivity contribution in [3.63, 3.8) is 0 Å². The van der Waals surface area contributed by atoms with Gasteiger partial charge in [-0.15, -0.1) is 16.4 Å². The van der Waals surface area contributed by atoms with Crippen LogP contribution in [0.1, 0.15) is 12.0 Å². The molecule has 0 atom stereocenters. The van der Waals surface area contributed by atoms with E-state index in [1.807, 2.05) is 22.4 Å².